The average Bonchev–Trinajstić information content (AvgIpc) is 2.26. The second-order valence-electron chi connectivity index (χ2n) is 3.54. The quantitative estimate of drug-likeness (QED) is 0.395. The number of thioether (sulfide) groups is 1. The third kappa shape index (κ3) is 14.7. The molecule has 0 aliphatic heterocycles. The Bertz CT molecular complexity index is 106. The fraction of sp³-hybridized carbons (Fsp3) is 1.00. The molecule has 0 aliphatic rings. The Morgan fingerprint density at radius 1 is 0.867 bits per heavy atom. The van der Waals surface area contributed by atoms with Crippen molar-refractivity contribution in [2.75, 3.05) is 24.7 Å². The molecule has 0 radical (unpaired) electrons. The van der Waals surface area contributed by atoms with Crippen LogP contribution in [0.4, 0.5) is 0 Å². The lowest BCUT2D eigenvalue weighted by molar-refractivity contribution is 0.358. The summed E-state index contributed by atoms with van der Waals surface area (Å²) >= 11 is 1.96. The van der Waals surface area contributed by atoms with Gasteiger partial charge in [0.2, 0.25) is 0 Å². The molecule has 0 amide bonds. The number of hydrogen-bond acceptors (Lipinski definition) is 3. The van der Waals surface area contributed by atoms with Gasteiger partial charge in [0.15, 0.2) is 19.5 Å². The van der Waals surface area contributed by atoms with Gasteiger partial charge in [-0.1, -0.05) is 26.7 Å². The molecule has 0 fully saturated rings. The first-order chi connectivity index (χ1) is 7.41. The van der Waals surface area contributed by atoms with Crippen LogP contribution in [0.1, 0.15) is 26.7 Å². The molecule has 0 spiro atoms. The maximum atomic E-state index is 5.61. The topological polar surface area (TPSA) is 18.5 Å². The lowest BCUT2D eigenvalue weighted by atomic mass is 10.6. The normalized spacial score (nSPS) is 12.4. The Morgan fingerprint density at radius 2 is 1.33 bits per heavy atom. The zero-order chi connectivity index (χ0) is 11.2. The van der Waals surface area contributed by atoms with Crippen LogP contribution in [-0.2, 0) is 8.85 Å². The summed E-state index contributed by atoms with van der Waals surface area (Å²) in [7, 11) is -0.354. The maximum absolute atomic E-state index is 5.61. The Morgan fingerprint density at radius 3 is 1.73 bits per heavy atom. The summed E-state index contributed by atoms with van der Waals surface area (Å²) in [6.07, 6.45) is 2.57. The molecule has 0 unspecified atom stereocenters. The molecular formula is C10H26O2SSi2. The summed E-state index contributed by atoms with van der Waals surface area (Å²) < 4.78 is 11.2. The molecule has 5 heteroatoms. The van der Waals surface area contributed by atoms with E-state index in [2.05, 4.69) is 13.8 Å². The third-order valence-corrected chi connectivity index (χ3v) is 6.09. The number of hydrogen-bond donors (Lipinski definition) is 0. The van der Waals surface area contributed by atoms with E-state index >= 15 is 0 Å². The zero-order valence-corrected chi connectivity index (χ0v) is 13.9. The molecule has 0 atom stereocenters. The molecule has 92 valence electrons. The monoisotopic (exact) mass is 266 g/mol. The van der Waals surface area contributed by atoms with Crippen LogP contribution in [-0.4, -0.2) is 44.2 Å². The van der Waals surface area contributed by atoms with Crippen molar-refractivity contribution < 1.29 is 8.85 Å². The summed E-state index contributed by atoms with van der Waals surface area (Å²) in [5.74, 6) is 2.30. The van der Waals surface area contributed by atoms with Gasteiger partial charge in [0.1, 0.15) is 0 Å². The maximum Gasteiger partial charge on any atom is 0.161 e. The van der Waals surface area contributed by atoms with E-state index in [1.165, 1.54) is 24.9 Å². The summed E-state index contributed by atoms with van der Waals surface area (Å²) in [5.41, 5.74) is 0. The van der Waals surface area contributed by atoms with E-state index in [0.717, 1.165) is 24.7 Å². The van der Waals surface area contributed by atoms with Crippen LogP contribution in [0, 0.1) is 0 Å². The van der Waals surface area contributed by atoms with Gasteiger partial charge in [-0.25, -0.2) is 0 Å². The smallest absolute Gasteiger partial charge is 0.161 e. The van der Waals surface area contributed by atoms with Gasteiger partial charge in [-0.15, -0.1) is 0 Å². The Kier molecular flexibility index (Phi) is 15.4. The van der Waals surface area contributed by atoms with Crippen molar-refractivity contribution >= 4 is 31.3 Å². The van der Waals surface area contributed by atoms with E-state index < -0.39 is 0 Å². The third-order valence-electron chi connectivity index (χ3n) is 2.03. The molecular weight excluding hydrogens is 240 g/mol. The predicted molar refractivity (Wildman–Crippen MR) is 76.5 cm³/mol. The van der Waals surface area contributed by atoms with E-state index in [4.69, 9.17) is 8.85 Å². The van der Waals surface area contributed by atoms with Crippen LogP contribution in [0.3, 0.4) is 0 Å². The van der Waals surface area contributed by atoms with Gasteiger partial charge in [-0.2, -0.15) is 11.8 Å². The highest BCUT2D eigenvalue weighted by Gasteiger charge is 1.92. The summed E-state index contributed by atoms with van der Waals surface area (Å²) in [6, 6.07) is 2.66. The molecule has 0 heterocycles. The minimum atomic E-state index is -0.177. The summed E-state index contributed by atoms with van der Waals surface area (Å²) in [4.78, 5) is 0. The molecule has 0 aromatic rings. The van der Waals surface area contributed by atoms with E-state index in [0.29, 0.717) is 0 Å². The molecule has 0 saturated heterocycles. The van der Waals surface area contributed by atoms with Crippen LogP contribution in [0.5, 0.6) is 0 Å². The van der Waals surface area contributed by atoms with Crippen molar-refractivity contribution in [2.45, 2.75) is 38.8 Å². The van der Waals surface area contributed by atoms with Crippen molar-refractivity contribution in [1.29, 1.82) is 0 Å². The van der Waals surface area contributed by atoms with Crippen LogP contribution in [0.2, 0.25) is 12.1 Å². The van der Waals surface area contributed by atoms with Crippen molar-refractivity contribution in [1.82, 2.24) is 0 Å². The largest absolute Gasteiger partial charge is 0.423 e. The SMILES string of the molecule is CCC[SiH2]OCCSCCO[SiH2]CCC. The summed E-state index contributed by atoms with van der Waals surface area (Å²) in [5, 5.41) is 0. The lowest BCUT2D eigenvalue weighted by Crippen LogP contribution is -2.05. The van der Waals surface area contributed by atoms with Gasteiger partial charge >= 0.3 is 0 Å². The first-order valence-electron chi connectivity index (χ1n) is 6.15. The van der Waals surface area contributed by atoms with E-state index in [1.54, 1.807) is 0 Å². The molecule has 2 nitrogen and oxygen atoms in total. The van der Waals surface area contributed by atoms with Crippen molar-refractivity contribution in [3.05, 3.63) is 0 Å². The molecule has 0 N–H and O–H groups in total. The molecule has 0 aliphatic carbocycles. The molecule has 0 bridgehead atoms. The van der Waals surface area contributed by atoms with Gasteiger partial charge in [0.25, 0.3) is 0 Å². The van der Waals surface area contributed by atoms with Gasteiger partial charge in [0, 0.05) is 24.7 Å². The fourth-order valence-electron chi connectivity index (χ4n) is 1.03. The first kappa shape index (κ1) is 15.7. The Balaban J connectivity index is 2.81. The molecule has 0 aromatic heterocycles. The average molecular weight is 267 g/mol. The lowest BCUT2D eigenvalue weighted by Gasteiger charge is -2.04. The molecule has 0 rings (SSSR count). The minimum Gasteiger partial charge on any atom is -0.423 e. The van der Waals surface area contributed by atoms with Crippen LogP contribution < -0.4 is 0 Å². The molecule has 15 heavy (non-hydrogen) atoms. The van der Waals surface area contributed by atoms with Crippen LogP contribution in [0.25, 0.3) is 0 Å². The highest BCUT2D eigenvalue weighted by atomic mass is 32.2. The first-order valence-corrected chi connectivity index (χ1v) is 10.5. The zero-order valence-electron chi connectivity index (χ0n) is 10.3. The van der Waals surface area contributed by atoms with Gasteiger partial charge in [-0.3, -0.25) is 0 Å². The van der Waals surface area contributed by atoms with E-state index in [-0.39, 0.29) is 19.5 Å². The minimum absolute atomic E-state index is 0.177. The predicted octanol–water partition coefficient (Wildman–Crippen LogP) is 1.58. The van der Waals surface area contributed by atoms with Gasteiger partial charge < -0.3 is 8.85 Å². The Labute approximate surface area is 104 Å². The van der Waals surface area contributed by atoms with Crippen molar-refractivity contribution in [3.63, 3.8) is 0 Å². The van der Waals surface area contributed by atoms with E-state index in [1.807, 2.05) is 11.8 Å². The Hall–Kier alpha value is 0.704. The second-order valence-corrected chi connectivity index (χ2v) is 7.82. The standard InChI is InChI=1S/C10H26O2SSi2/c1-3-9-14-11-5-7-13-8-6-12-15-10-4-2/h3-10,14-15H2,1-2H3. The fourth-order valence-corrected chi connectivity index (χ4v) is 3.81. The van der Waals surface area contributed by atoms with Crippen molar-refractivity contribution in [3.8, 4) is 0 Å². The van der Waals surface area contributed by atoms with Crippen LogP contribution in [0.15, 0.2) is 0 Å². The summed E-state index contributed by atoms with van der Waals surface area (Å²) in [6.45, 7) is 6.37. The van der Waals surface area contributed by atoms with Crippen molar-refractivity contribution in [2.24, 2.45) is 0 Å². The van der Waals surface area contributed by atoms with Gasteiger partial charge in [-0.05, 0) is 12.1 Å². The number of rotatable bonds is 12. The second kappa shape index (κ2) is 14.7. The highest BCUT2D eigenvalue weighted by molar-refractivity contribution is 7.99. The molecule has 0 aromatic carbocycles. The van der Waals surface area contributed by atoms with Crippen LogP contribution >= 0.6 is 11.8 Å². The van der Waals surface area contributed by atoms with Gasteiger partial charge in [0.05, 0.1) is 0 Å². The highest BCUT2D eigenvalue weighted by Crippen LogP contribution is 1.99. The van der Waals surface area contributed by atoms with E-state index in [9.17, 15) is 0 Å². The molecule has 0 saturated carbocycles.